The van der Waals surface area contributed by atoms with Crippen LogP contribution >= 0.6 is 0 Å². The molecule has 0 heterocycles. The molecule has 2 amide bonds. The van der Waals surface area contributed by atoms with Gasteiger partial charge >= 0.3 is 6.03 Å². The van der Waals surface area contributed by atoms with Crippen molar-refractivity contribution in [2.24, 2.45) is 10.8 Å². The van der Waals surface area contributed by atoms with Crippen LogP contribution < -0.4 is 15.9 Å². The molecule has 3 N–H and O–H groups in total. The van der Waals surface area contributed by atoms with E-state index in [4.69, 9.17) is 10.5 Å². The van der Waals surface area contributed by atoms with E-state index < -0.39 is 6.03 Å². The molecule has 5 heteroatoms. The molecule has 0 unspecified atom stereocenters. The Morgan fingerprint density at radius 3 is 2.61 bits per heavy atom. The molecule has 0 aliphatic rings. The van der Waals surface area contributed by atoms with E-state index in [9.17, 15) is 4.79 Å². The molecule has 18 heavy (non-hydrogen) atoms. The summed E-state index contributed by atoms with van der Waals surface area (Å²) in [5, 5.41) is 3.87. The summed E-state index contributed by atoms with van der Waals surface area (Å²) in [6, 6.07) is 6.96. The number of benzene rings is 1. The van der Waals surface area contributed by atoms with Crippen molar-refractivity contribution in [3.63, 3.8) is 0 Å². The average Bonchev–Trinajstić information content (AvgIpc) is 2.39. The highest BCUT2D eigenvalue weighted by molar-refractivity contribution is 5.98. The molecule has 0 aliphatic heterocycles. The number of carbonyl (C=O) groups is 1. The van der Waals surface area contributed by atoms with Gasteiger partial charge in [-0.2, -0.15) is 5.10 Å². The molecule has 0 radical (unpaired) electrons. The van der Waals surface area contributed by atoms with Crippen LogP contribution in [0.3, 0.4) is 0 Å². The first-order valence-corrected chi connectivity index (χ1v) is 5.60. The summed E-state index contributed by atoms with van der Waals surface area (Å²) >= 11 is 0. The van der Waals surface area contributed by atoms with Gasteiger partial charge in [0.25, 0.3) is 0 Å². The summed E-state index contributed by atoms with van der Waals surface area (Å²) in [7, 11) is 1.63. The number of urea groups is 1. The van der Waals surface area contributed by atoms with Crippen LogP contribution in [0.15, 0.2) is 35.4 Å². The second kappa shape index (κ2) is 7.11. The monoisotopic (exact) mass is 247 g/mol. The van der Waals surface area contributed by atoms with Crippen molar-refractivity contribution < 1.29 is 9.53 Å². The third-order valence-corrected chi connectivity index (χ3v) is 2.26. The normalized spacial score (nSPS) is 11.6. The topological polar surface area (TPSA) is 76.7 Å². The summed E-state index contributed by atoms with van der Waals surface area (Å²) in [5.41, 5.74) is 8.91. The lowest BCUT2D eigenvalue weighted by atomic mass is 10.1. The third-order valence-electron chi connectivity index (χ3n) is 2.26. The minimum Gasteiger partial charge on any atom is -0.497 e. The van der Waals surface area contributed by atoms with E-state index in [0.29, 0.717) is 6.42 Å². The quantitative estimate of drug-likeness (QED) is 0.617. The minimum absolute atomic E-state index is 0.668. The Kier molecular flexibility index (Phi) is 5.44. The average molecular weight is 247 g/mol. The highest BCUT2D eigenvalue weighted by Gasteiger charge is 1.94. The Labute approximate surface area is 106 Å². The number of rotatable bonds is 5. The summed E-state index contributed by atoms with van der Waals surface area (Å²) in [6.45, 7) is 1.94. The molecule has 0 atom stereocenters. The molecule has 0 saturated carbocycles. The van der Waals surface area contributed by atoms with Crippen molar-refractivity contribution in [3.8, 4) is 5.75 Å². The SMILES string of the molecule is CCC(C=Cc1ccc(OC)cc1)=NNC(N)=O. The zero-order valence-electron chi connectivity index (χ0n) is 10.5. The minimum atomic E-state index is -0.668. The number of hydrogen-bond donors (Lipinski definition) is 2. The highest BCUT2D eigenvalue weighted by atomic mass is 16.5. The maximum absolute atomic E-state index is 10.5. The number of hydrogen-bond acceptors (Lipinski definition) is 3. The maximum atomic E-state index is 10.5. The predicted molar refractivity (Wildman–Crippen MR) is 72.5 cm³/mol. The zero-order valence-corrected chi connectivity index (χ0v) is 10.5. The van der Waals surface area contributed by atoms with Crippen molar-refractivity contribution in [1.82, 2.24) is 5.43 Å². The van der Waals surface area contributed by atoms with E-state index in [2.05, 4.69) is 10.5 Å². The number of carbonyl (C=O) groups excluding carboxylic acids is 1. The predicted octanol–water partition coefficient (Wildman–Crippen LogP) is 2.14. The van der Waals surface area contributed by atoms with Crippen LogP contribution in [-0.4, -0.2) is 18.9 Å². The van der Waals surface area contributed by atoms with Crippen LogP contribution in [-0.2, 0) is 0 Å². The number of nitrogens with two attached hydrogens (primary N) is 1. The number of ether oxygens (including phenoxy) is 1. The molecule has 0 aromatic heterocycles. The summed E-state index contributed by atoms with van der Waals surface area (Å²) in [4.78, 5) is 10.5. The molecular weight excluding hydrogens is 230 g/mol. The smallest absolute Gasteiger partial charge is 0.332 e. The molecule has 0 aliphatic carbocycles. The Hall–Kier alpha value is -2.30. The molecule has 1 aromatic rings. The Morgan fingerprint density at radius 2 is 2.11 bits per heavy atom. The molecule has 5 nitrogen and oxygen atoms in total. The van der Waals surface area contributed by atoms with Gasteiger partial charge < -0.3 is 10.5 Å². The third kappa shape index (κ3) is 4.69. The van der Waals surface area contributed by atoms with Crippen molar-refractivity contribution in [3.05, 3.63) is 35.9 Å². The molecule has 0 bridgehead atoms. The summed E-state index contributed by atoms with van der Waals surface area (Å²) in [6.07, 6.45) is 4.44. The maximum Gasteiger partial charge on any atom is 0.332 e. The van der Waals surface area contributed by atoms with Gasteiger partial charge in [0, 0.05) is 0 Å². The molecule has 0 fully saturated rings. The Morgan fingerprint density at radius 1 is 1.44 bits per heavy atom. The van der Waals surface area contributed by atoms with Crippen molar-refractivity contribution in [2.75, 3.05) is 7.11 Å². The van der Waals surface area contributed by atoms with E-state index in [1.807, 2.05) is 43.3 Å². The van der Waals surface area contributed by atoms with Crippen molar-refractivity contribution >= 4 is 17.8 Å². The van der Waals surface area contributed by atoms with Gasteiger partial charge in [-0.15, -0.1) is 0 Å². The van der Waals surface area contributed by atoms with Gasteiger partial charge in [0.15, 0.2) is 0 Å². The number of allylic oxidation sites excluding steroid dienone is 1. The molecule has 0 saturated heterocycles. The highest BCUT2D eigenvalue weighted by Crippen LogP contribution is 2.12. The zero-order chi connectivity index (χ0) is 13.4. The van der Waals surface area contributed by atoms with Crippen LogP contribution in [0.2, 0.25) is 0 Å². The molecule has 1 aromatic carbocycles. The lowest BCUT2D eigenvalue weighted by Crippen LogP contribution is -2.25. The first-order valence-electron chi connectivity index (χ1n) is 5.60. The van der Waals surface area contributed by atoms with E-state index >= 15 is 0 Å². The van der Waals surface area contributed by atoms with Crippen LogP contribution in [0, 0.1) is 0 Å². The Bertz CT molecular complexity index is 450. The van der Waals surface area contributed by atoms with Crippen molar-refractivity contribution in [2.45, 2.75) is 13.3 Å². The summed E-state index contributed by atoms with van der Waals surface area (Å²) in [5.74, 6) is 0.812. The standard InChI is InChI=1S/C13H17N3O2/c1-3-11(15-16-13(14)17)7-4-10-5-8-12(18-2)9-6-10/h4-9H,3H2,1-2H3,(H3,14,16,17). The van der Waals surface area contributed by atoms with E-state index in [-0.39, 0.29) is 0 Å². The number of primary amides is 1. The fraction of sp³-hybridized carbons (Fsp3) is 0.231. The first-order chi connectivity index (χ1) is 8.65. The van der Waals surface area contributed by atoms with Crippen LogP contribution in [0.5, 0.6) is 5.75 Å². The van der Waals surface area contributed by atoms with E-state index in [1.54, 1.807) is 7.11 Å². The van der Waals surface area contributed by atoms with Gasteiger partial charge in [-0.1, -0.05) is 25.1 Å². The molecular formula is C13H17N3O2. The fourth-order valence-electron chi connectivity index (χ4n) is 1.27. The molecule has 96 valence electrons. The fourth-order valence-corrected chi connectivity index (χ4v) is 1.27. The van der Waals surface area contributed by atoms with E-state index in [1.165, 1.54) is 0 Å². The lowest BCUT2D eigenvalue weighted by molar-refractivity contribution is 0.249. The second-order valence-corrected chi connectivity index (χ2v) is 3.54. The number of methoxy groups -OCH3 is 1. The number of nitrogens with zero attached hydrogens (tertiary/aromatic N) is 1. The van der Waals surface area contributed by atoms with Gasteiger partial charge in [0.2, 0.25) is 0 Å². The van der Waals surface area contributed by atoms with E-state index in [0.717, 1.165) is 17.0 Å². The van der Waals surface area contributed by atoms with Gasteiger partial charge in [-0.3, -0.25) is 0 Å². The first kappa shape index (κ1) is 13.8. The number of nitrogens with one attached hydrogen (secondary N) is 1. The summed E-state index contributed by atoms with van der Waals surface area (Å²) < 4.78 is 5.07. The van der Waals surface area contributed by atoms with Crippen LogP contribution in [0.4, 0.5) is 4.79 Å². The van der Waals surface area contributed by atoms with Gasteiger partial charge in [0.1, 0.15) is 5.75 Å². The lowest BCUT2D eigenvalue weighted by Gasteiger charge is -2.00. The Balaban J connectivity index is 2.70. The second-order valence-electron chi connectivity index (χ2n) is 3.54. The van der Waals surface area contributed by atoms with Crippen LogP contribution in [0.25, 0.3) is 6.08 Å². The van der Waals surface area contributed by atoms with Gasteiger partial charge in [-0.25, -0.2) is 10.2 Å². The molecule has 0 spiro atoms. The van der Waals surface area contributed by atoms with Gasteiger partial charge in [-0.05, 0) is 30.2 Å². The van der Waals surface area contributed by atoms with Gasteiger partial charge in [0.05, 0.1) is 12.8 Å². The van der Waals surface area contributed by atoms with Crippen LogP contribution in [0.1, 0.15) is 18.9 Å². The largest absolute Gasteiger partial charge is 0.497 e. The van der Waals surface area contributed by atoms with Crippen molar-refractivity contribution in [1.29, 1.82) is 0 Å². The molecule has 1 rings (SSSR count). The number of hydrazone groups is 1. The number of amides is 2.